The molecule has 0 fully saturated rings. The molecule has 0 saturated heterocycles. The lowest BCUT2D eigenvalue weighted by Gasteiger charge is -2.06. The maximum absolute atomic E-state index is 12.4. The van der Waals surface area contributed by atoms with Crippen LogP contribution in [0, 0.1) is 11.3 Å². The molecule has 0 aromatic heterocycles. The molecule has 0 radical (unpaired) electrons. The molecule has 0 spiro atoms. The van der Waals surface area contributed by atoms with E-state index in [1.165, 1.54) is 6.08 Å². The smallest absolute Gasteiger partial charge is 0.266 e. The van der Waals surface area contributed by atoms with Crippen LogP contribution in [0.15, 0.2) is 66.2 Å². The van der Waals surface area contributed by atoms with Gasteiger partial charge in [-0.3, -0.25) is 4.79 Å². The molecule has 25 heavy (non-hydrogen) atoms. The number of carbonyl (C=O) groups excluding carboxylic acids is 1. The molecule has 0 aliphatic rings. The molecular formula is C20H12Cl2N2O. The van der Waals surface area contributed by atoms with Crippen molar-refractivity contribution in [1.29, 1.82) is 5.26 Å². The van der Waals surface area contributed by atoms with E-state index in [2.05, 4.69) is 5.32 Å². The highest BCUT2D eigenvalue weighted by molar-refractivity contribution is 6.35. The van der Waals surface area contributed by atoms with Gasteiger partial charge in [-0.05, 0) is 46.7 Å². The van der Waals surface area contributed by atoms with Gasteiger partial charge in [-0.2, -0.15) is 5.26 Å². The fourth-order valence-corrected chi connectivity index (χ4v) is 2.85. The summed E-state index contributed by atoms with van der Waals surface area (Å²) in [4.78, 5) is 12.4. The van der Waals surface area contributed by atoms with Crippen molar-refractivity contribution >= 4 is 51.6 Å². The van der Waals surface area contributed by atoms with Crippen LogP contribution in [0.4, 0.5) is 5.69 Å². The lowest BCUT2D eigenvalue weighted by molar-refractivity contribution is -0.112. The maximum Gasteiger partial charge on any atom is 0.266 e. The molecular weight excluding hydrogens is 355 g/mol. The van der Waals surface area contributed by atoms with E-state index in [9.17, 15) is 10.1 Å². The van der Waals surface area contributed by atoms with Gasteiger partial charge in [-0.15, -0.1) is 0 Å². The Morgan fingerprint density at radius 1 is 1.00 bits per heavy atom. The number of rotatable bonds is 3. The number of amides is 1. The first kappa shape index (κ1) is 17.0. The van der Waals surface area contributed by atoms with E-state index < -0.39 is 5.91 Å². The minimum atomic E-state index is -0.496. The summed E-state index contributed by atoms with van der Waals surface area (Å²) in [6.07, 6.45) is 1.44. The van der Waals surface area contributed by atoms with Crippen LogP contribution in [-0.4, -0.2) is 5.91 Å². The zero-order valence-electron chi connectivity index (χ0n) is 13.0. The Labute approximate surface area is 155 Å². The van der Waals surface area contributed by atoms with Crippen molar-refractivity contribution in [3.63, 3.8) is 0 Å². The number of nitriles is 1. The first-order valence-corrected chi connectivity index (χ1v) is 8.19. The number of benzene rings is 3. The second-order valence-electron chi connectivity index (χ2n) is 5.35. The molecule has 5 heteroatoms. The monoisotopic (exact) mass is 366 g/mol. The fraction of sp³-hybridized carbons (Fsp3) is 0. The van der Waals surface area contributed by atoms with Crippen molar-refractivity contribution < 1.29 is 4.79 Å². The van der Waals surface area contributed by atoms with Crippen LogP contribution in [0.1, 0.15) is 5.56 Å². The zero-order chi connectivity index (χ0) is 17.8. The summed E-state index contributed by atoms with van der Waals surface area (Å²) in [5.41, 5.74) is 1.13. The topological polar surface area (TPSA) is 52.9 Å². The summed E-state index contributed by atoms with van der Waals surface area (Å²) in [6, 6.07) is 20.2. The van der Waals surface area contributed by atoms with E-state index in [0.717, 1.165) is 10.8 Å². The number of halogens is 2. The van der Waals surface area contributed by atoms with E-state index in [4.69, 9.17) is 23.2 Å². The van der Waals surface area contributed by atoms with Crippen LogP contribution in [0.5, 0.6) is 0 Å². The van der Waals surface area contributed by atoms with Gasteiger partial charge < -0.3 is 5.32 Å². The minimum Gasteiger partial charge on any atom is -0.321 e. The molecule has 3 rings (SSSR count). The quantitative estimate of drug-likeness (QED) is 0.477. The molecule has 0 heterocycles. The highest BCUT2D eigenvalue weighted by Crippen LogP contribution is 2.24. The molecule has 0 bridgehead atoms. The minimum absolute atomic E-state index is 0.0441. The van der Waals surface area contributed by atoms with Crippen molar-refractivity contribution in [2.45, 2.75) is 0 Å². The van der Waals surface area contributed by atoms with Crippen molar-refractivity contribution in [2.75, 3.05) is 5.32 Å². The summed E-state index contributed by atoms with van der Waals surface area (Å²) in [6.45, 7) is 0. The Bertz CT molecular complexity index is 1040. The second kappa shape index (κ2) is 7.40. The van der Waals surface area contributed by atoms with Gasteiger partial charge in [-0.25, -0.2) is 0 Å². The van der Waals surface area contributed by atoms with Crippen LogP contribution in [-0.2, 0) is 4.79 Å². The molecule has 0 aliphatic carbocycles. The average molecular weight is 367 g/mol. The van der Waals surface area contributed by atoms with Gasteiger partial charge in [0.25, 0.3) is 5.91 Å². The third-order valence-corrected chi connectivity index (χ3v) is 4.20. The van der Waals surface area contributed by atoms with Gasteiger partial charge in [0.2, 0.25) is 0 Å². The van der Waals surface area contributed by atoms with Crippen molar-refractivity contribution in [3.05, 3.63) is 81.8 Å². The van der Waals surface area contributed by atoms with Crippen LogP contribution in [0.25, 0.3) is 16.8 Å². The number of fused-ring (bicyclic) bond motifs is 1. The number of nitrogens with zero attached hydrogens (tertiary/aromatic N) is 1. The second-order valence-corrected chi connectivity index (χ2v) is 6.20. The van der Waals surface area contributed by atoms with E-state index in [0.29, 0.717) is 21.3 Å². The number of carbonyl (C=O) groups is 1. The maximum atomic E-state index is 12.4. The van der Waals surface area contributed by atoms with Gasteiger partial charge in [0, 0.05) is 15.7 Å². The summed E-state index contributed by atoms with van der Waals surface area (Å²) in [7, 11) is 0. The molecule has 0 aliphatic heterocycles. The van der Waals surface area contributed by atoms with E-state index in [-0.39, 0.29) is 5.57 Å². The third-order valence-electron chi connectivity index (χ3n) is 3.63. The molecule has 0 unspecified atom stereocenters. The van der Waals surface area contributed by atoms with Crippen LogP contribution in [0.3, 0.4) is 0 Å². The van der Waals surface area contributed by atoms with Gasteiger partial charge in [0.1, 0.15) is 11.6 Å². The first-order chi connectivity index (χ1) is 12.1. The Morgan fingerprint density at radius 3 is 2.48 bits per heavy atom. The molecule has 3 aromatic carbocycles. The van der Waals surface area contributed by atoms with Gasteiger partial charge >= 0.3 is 0 Å². The van der Waals surface area contributed by atoms with Crippen molar-refractivity contribution in [1.82, 2.24) is 0 Å². The van der Waals surface area contributed by atoms with Crippen molar-refractivity contribution in [2.24, 2.45) is 0 Å². The fourth-order valence-electron chi connectivity index (χ4n) is 2.39. The van der Waals surface area contributed by atoms with E-state index in [1.807, 2.05) is 42.5 Å². The van der Waals surface area contributed by atoms with Crippen LogP contribution in [0.2, 0.25) is 10.0 Å². The third kappa shape index (κ3) is 4.00. The lowest BCUT2D eigenvalue weighted by atomic mass is 10.1. The molecule has 3 aromatic rings. The summed E-state index contributed by atoms with van der Waals surface area (Å²) < 4.78 is 0. The molecule has 0 atom stereocenters. The van der Waals surface area contributed by atoms with Gasteiger partial charge in [-0.1, -0.05) is 59.6 Å². The number of hydrogen-bond donors (Lipinski definition) is 1. The van der Waals surface area contributed by atoms with Gasteiger partial charge in [0.15, 0.2) is 0 Å². The predicted molar refractivity (Wildman–Crippen MR) is 103 cm³/mol. The number of anilines is 1. The molecule has 1 N–H and O–H groups in total. The van der Waals surface area contributed by atoms with E-state index >= 15 is 0 Å². The summed E-state index contributed by atoms with van der Waals surface area (Å²) in [5, 5.41) is 15.0. The molecule has 122 valence electrons. The first-order valence-electron chi connectivity index (χ1n) is 7.44. The predicted octanol–water partition coefficient (Wildman–Crippen LogP) is 5.69. The summed E-state index contributed by atoms with van der Waals surface area (Å²) >= 11 is 11.9. The summed E-state index contributed by atoms with van der Waals surface area (Å²) in [5.74, 6) is -0.496. The Kier molecular flexibility index (Phi) is 5.04. The number of nitrogens with one attached hydrogen (secondary N) is 1. The highest BCUT2D eigenvalue weighted by Gasteiger charge is 2.11. The Morgan fingerprint density at radius 2 is 1.76 bits per heavy atom. The normalized spacial score (nSPS) is 11.2. The lowest BCUT2D eigenvalue weighted by Crippen LogP contribution is -2.13. The van der Waals surface area contributed by atoms with Crippen molar-refractivity contribution in [3.8, 4) is 6.07 Å². The standard InChI is InChI=1S/C20H12Cl2N2O/c21-17-7-5-15(19(22)11-17)9-16(12-23)20(25)24-18-8-6-13-3-1-2-4-14(13)10-18/h1-11H,(H,24,25). The van der Waals surface area contributed by atoms with Gasteiger partial charge in [0.05, 0.1) is 0 Å². The van der Waals surface area contributed by atoms with E-state index in [1.54, 1.807) is 24.3 Å². The highest BCUT2D eigenvalue weighted by atomic mass is 35.5. The molecule has 0 saturated carbocycles. The molecule has 1 amide bonds. The Balaban J connectivity index is 1.86. The van der Waals surface area contributed by atoms with Crippen LogP contribution >= 0.6 is 23.2 Å². The SMILES string of the molecule is N#CC(=Cc1ccc(Cl)cc1Cl)C(=O)Nc1ccc2ccccc2c1. The number of hydrogen-bond acceptors (Lipinski definition) is 2. The largest absolute Gasteiger partial charge is 0.321 e. The average Bonchev–Trinajstić information content (AvgIpc) is 2.61. The zero-order valence-corrected chi connectivity index (χ0v) is 14.5. The molecule has 3 nitrogen and oxygen atoms in total. The Hall–Kier alpha value is -2.80. The van der Waals surface area contributed by atoms with Crippen LogP contribution < -0.4 is 5.32 Å².